The minimum atomic E-state index is -1.04. The molecule has 1 heterocycles. The van der Waals surface area contributed by atoms with Crippen LogP contribution in [0.2, 0.25) is 5.02 Å². The summed E-state index contributed by atoms with van der Waals surface area (Å²) < 4.78 is 20.4. The average Bonchev–Trinajstić information content (AvgIpc) is 2.76. The van der Waals surface area contributed by atoms with Crippen molar-refractivity contribution in [3.05, 3.63) is 69.0 Å². The number of fused-ring (bicyclic) bond motifs is 1. The van der Waals surface area contributed by atoms with Crippen LogP contribution in [0.25, 0.3) is 11.0 Å². The maximum atomic E-state index is 12.9. The number of methoxy groups -OCH3 is 3. The van der Waals surface area contributed by atoms with Gasteiger partial charge in [-0.1, -0.05) is 23.7 Å². The van der Waals surface area contributed by atoms with E-state index in [-0.39, 0.29) is 28.4 Å². The van der Waals surface area contributed by atoms with Gasteiger partial charge in [0.2, 0.25) is 0 Å². The molecule has 3 rings (SSSR count). The van der Waals surface area contributed by atoms with Crippen LogP contribution in [0, 0.1) is 0 Å². The number of hydrogen-bond acceptors (Lipinski definition) is 7. The summed E-state index contributed by atoms with van der Waals surface area (Å²) in [4.78, 5) is 37.6. The third kappa shape index (κ3) is 4.31. The fourth-order valence-corrected chi connectivity index (χ4v) is 3.44. The molecule has 0 bridgehead atoms. The van der Waals surface area contributed by atoms with E-state index in [1.807, 2.05) is 0 Å². The van der Waals surface area contributed by atoms with Gasteiger partial charge in [-0.3, -0.25) is 9.59 Å². The first-order valence-electron chi connectivity index (χ1n) is 8.94. The van der Waals surface area contributed by atoms with E-state index in [2.05, 4.69) is 0 Å². The summed E-state index contributed by atoms with van der Waals surface area (Å²) in [7, 11) is 4.14. The van der Waals surface area contributed by atoms with E-state index in [0.717, 1.165) is 0 Å². The van der Waals surface area contributed by atoms with Crippen molar-refractivity contribution in [1.29, 1.82) is 0 Å². The molecule has 2 aromatic carbocycles. The Balaban J connectivity index is 2.11. The smallest absolute Gasteiger partial charge is 0.336 e. The number of hydrogen-bond donors (Lipinski definition) is 0. The fourth-order valence-electron chi connectivity index (χ4n) is 3.19. The molecule has 30 heavy (non-hydrogen) atoms. The van der Waals surface area contributed by atoms with E-state index in [1.165, 1.54) is 39.5 Å². The van der Waals surface area contributed by atoms with Crippen molar-refractivity contribution >= 4 is 34.3 Å². The van der Waals surface area contributed by atoms with Crippen molar-refractivity contribution in [3.63, 3.8) is 0 Å². The van der Waals surface area contributed by atoms with E-state index in [1.54, 1.807) is 24.3 Å². The van der Waals surface area contributed by atoms with Crippen molar-refractivity contribution in [1.82, 2.24) is 0 Å². The van der Waals surface area contributed by atoms with Crippen molar-refractivity contribution in [2.24, 2.45) is 0 Å². The monoisotopic (exact) mass is 430 g/mol. The predicted octanol–water partition coefficient (Wildman–Crippen LogP) is 3.99. The van der Waals surface area contributed by atoms with Gasteiger partial charge in [0.15, 0.2) is 5.78 Å². The van der Waals surface area contributed by atoms with Gasteiger partial charge in [-0.25, -0.2) is 4.79 Å². The minimum Gasteiger partial charge on any atom is -0.497 e. The van der Waals surface area contributed by atoms with Gasteiger partial charge in [0, 0.05) is 29.5 Å². The Morgan fingerprint density at radius 2 is 1.83 bits per heavy atom. The zero-order chi connectivity index (χ0) is 21.8. The van der Waals surface area contributed by atoms with Crippen LogP contribution in [-0.4, -0.2) is 33.1 Å². The Morgan fingerprint density at radius 1 is 1.07 bits per heavy atom. The zero-order valence-corrected chi connectivity index (χ0v) is 17.3. The normalized spacial score (nSPS) is 11.7. The molecular weight excluding hydrogens is 412 g/mol. The standard InChI is InChI=1S/C22H19ClO7/c1-27-13-6-4-5-12(7-13)18(24)9-16(22(26)29-3)14-10-21(25)30-19-11-20(28-2)17(23)8-15(14)19/h4-8,10-11,16H,9H2,1-3H3. The molecule has 1 unspecified atom stereocenters. The molecule has 1 aromatic heterocycles. The molecule has 0 spiro atoms. The highest BCUT2D eigenvalue weighted by Crippen LogP contribution is 2.35. The van der Waals surface area contributed by atoms with Crippen LogP contribution in [0.15, 0.2) is 51.7 Å². The molecule has 7 nitrogen and oxygen atoms in total. The molecule has 0 N–H and O–H groups in total. The van der Waals surface area contributed by atoms with Gasteiger partial charge < -0.3 is 18.6 Å². The Hall–Kier alpha value is -3.32. The van der Waals surface area contributed by atoms with Crippen LogP contribution < -0.4 is 15.1 Å². The molecular formula is C22H19ClO7. The first-order valence-corrected chi connectivity index (χ1v) is 9.32. The SMILES string of the molecule is COC(=O)C(CC(=O)c1cccc(OC)c1)c1cc(=O)oc2cc(OC)c(Cl)cc12. The summed E-state index contributed by atoms with van der Waals surface area (Å²) in [6.45, 7) is 0. The lowest BCUT2D eigenvalue weighted by Gasteiger charge is -2.17. The topological polar surface area (TPSA) is 92.0 Å². The lowest BCUT2D eigenvalue weighted by Crippen LogP contribution is -2.20. The summed E-state index contributed by atoms with van der Waals surface area (Å²) in [5.41, 5.74) is 0.162. The van der Waals surface area contributed by atoms with Crippen molar-refractivity contribution in [2.45, 2.75) is 12.3 Å². The summed E-state index contributed by atoms with van der Waals surface area (Å²) in [5.74, 6) is -1.19. The Morgan fingerprint density at radius 3 is 2.50 bits per heavy atom. The van der Waals surface area contributed by atoms with Gasteiger partial charge in [0.05, 0.1) is 32.3 Å². The zero-order valence-electron chi connectivity index (χ0n) is 16.6. The first kappa shape index (κ1) is 21.4. The van der Waals surface area contributed by atoms with Crippen LogP contribution in [0.1, 0.15) is 28.3 Å². The summed E-state index contributed by atoms with van der Waals surface area (Å²) >= 11 is 6.23. The summed E-state index contributed by atoms with van der Waals surface area (Å²) in [5, 5.41) is 0.678. The van der Waals surface area contributed by atoms with E-state index < -0.39 is 17.5 Å². The van der Waals surface area contributed by atoms with Crippen LogP contribution in [0.4, 0.5) is 0 Å². The fraction of sp³-hybridized carbons (Fsp3) is 0.227. The highest BCUT2D eigenvalue weighted by molar-refractivity contribution is 6.32. The highest BCUT2D eigenvalue weighted by Gasteiger charge is 2.28. The summed E-state index contributed by atoms with van der Waals surface area (Å²) in [6.07, 6.45) is -0.220. The molecule has 0 saturated heterocycles. The maximum Gasteiger partial charge on any atom is 0.336 e. The largest absolute Gasteiger partial charge is 0.497 e. The second-order valence-corrected chi connectivity index (χ2v) is 6.85. The van der Waals surface area contributed by atoms with Gasteiger partial charge in [0.1, 0.15) is 17.1 Å². The van der Waals surface area contributed by atoms with E-state index in [9.17, 15) is 14.4 Å². The number of esters is 1. The van der Waals surface area contributed by atoms with Gasteiger partial charge in [-0.2, -0.15) is 0 Å². The lowest BCUT2D eigenvalue weighted by molar-refractivity contribution is -0.142. The molecule has 0 saturated carbocycles. The highest BCUT2D eigenvalue weighted by atomic mass is 35.5. The molecule has 0 aliphatic rings. The quantitative estimate of drug-likeness (QED) is 0.318. The van der Waals surface area contributed by atoms with Crippen LogP contribution in [-0.2, 0) is 9.53 Å². The Labute approximate surface area is 177 Å². The number of carbonyl (C=O) groups is 2. The second-order valence-electron chi connectivity index (χ2n) is 6.44. The van der Waals surface area contributed by atoms with Gasteiger partial charge in [-0.05, 0) is 23.8 Å². The maximum absolute atomic E-state index is 12.9. The molecule has 1 atom stereocenters. The number of halogens is 1. The molecule has 0 aliphatic heterocycles. The molecule has 8 heteroatoms. The van der Waals surface area contributed by atoms with Crippen molar-refractivity contribution < 1.29 is 28.2 Å². The van der Waals surface area contributed by atoms with E-state index in [4.69, 9.17) is 30.2 Å². The van der Waals surface area contributed by atoms with E-state index >= 15 is 0 Å². The summed E-state index contributed by atoms with van der Waals surface area (Å²) in [6, 6.07) is 10.7. The average molecular weight is 431 g/mol. The number of benzene rings is 2. The molecule has 0 aliphatic carbocycles. The third-order valence-electron chi connectivity index (χ3n) is 4.69. The number of ketones is 1. The number of ether oxygens (including phenoxy) is 3. The van der Waals surface area contributed by atoms with Crippen molar-refractivity contribution in [2.75, 3.05) is 21.3 Å². The van der Waals surface area contributed by atoms with E-state index in [0.29, 0.717) is 22.4 Å². The predicted molar refractivity (Wildman–Crippen MR) is 111 cm³/mol. The van der Waals surface area contributed by atoms with Crippen LogP contribution in [0.3, 0.4) is 0 Å². The first-order chi connectivity index (χ1) is 14.4. The van der Waals surface area contributed by atoms with Crippen molar-refractivity contribution in [3.8, 4) is 11.5 Å². The minimum absolute atomic E-state index is 0.182. The molecule has 0 amide bonds. The molecule has 0 fully saturated rings. The molecule has 0 radical (unpaired) electrons. The second kappa shape index (κ2) is 9.00. The number of rotatable bonds is 7. The molecule has 3 aromatic rings. The lowest BCUT2D eigenvalue weighted by atomic mass is 9.89. The van der Waals surface area contributed by atoms with Crippen LogP contribution in [0.5, 0.6) is 11.5 Å². The Bertz CT molecular complexity index is 1170. The van der Waals surface area contributed by atoms with Gasteiger partial charge in [0.25, 0.3) is 0 Å². The third-order valence-corrected chi connectivity index (χ3v) is 4.99. The van der Waals surface area contributed by atoms with Gasteiger partial charge >= 0.3 is 11.6 Å². The van der Waals surface area contributed by atoms with Crippen LogP contribution >= 0.6 is 11.6 Å². The number of Topliss-reactive ketones (excluding diaryl/α,β-unsaturated/α-hetero) is 1. The molecule has 156 valence electrons. The number of carbonyl (C=O) groups excluding carboxylic acids is 2. The van der Waals surface area contributed by atoms with Gasteiger partial charge in [-0.15, -0.1) is 0 Å². The Kier molecular flexibility index (Phi) is 6.42.